The monoisotopic (exact) mass is 253 g/mol. The molecule has 0 spiro atoms. The van der Waals surface area contributed by atoms with Gasteiger partial charge in [0.05, 0.1) is 0 Å². The molecule has 0 fully saturated rings. The summed E-state index contributed by atoms with van der Waals surface area (Å²) in [5.74, 6) is 0.0996. The van der Waals surface area contributed by atoms with Gasteiger partial charge in [-0.3, -0.25) is 4.79 Å². The fraction of sp³-hybridized carbons (Fsp3) is 0.500. The van der Waals surface area contributed by atoms with Gasteiger partial charge in [-0.2, -0.15) is 0 Å². The first-order chi connectivity index (χ1) is 7.86. The molecular formula is C14H20ClNO. The molecule has 0 aliphatic rings. The van der Waals surface area contributed by atoms with E-state index < -0.39 is 0 Å². The van der Waals surface area contributed by atoms with E-state index in [0.717, 1.165) is 5.56 Å². The Bertz CT molecular complexity index is 378. The highest BCUT2D eigenvalue weighted by Crippen LogP contribution is 2.30. The van der Waals surface area contributed by atoms with E-state index in [1.54, 1.807) is 0 Å². The summed E-state index contributed by atoms with van der Waals surface area (Å²) in [4.78, 5) is 12.4. The standard InChI is InChI=1S/C14H20ClNO/c1-14(2,3)13(17)12(8-9-16)10-4-6-11(15)7-5-10/h4-7,12H,8-9,16H2,1-3H3/t12-/m1/s1. The predicted molar refractivity (Wildman–Crippen MR) is 72.3 cm³/mol. The van der Waals surface area contributed by atoms with Crippen LogP contribution in [0.3, 0.4) is 0 Å². The van der Waals surface area contributed by atoms with Crippen LogP contribution in [0.15, 0.2) is 24.3 Å². The molecule has 0 heterocycles. The zero-order valence-electron chi connectivity index (χ0n) is 10.7. The van der Waals surface area contributed by atoms with Crippen LogP contribution in [-0.2, 0) is 4.79 Å². The largest absolute Gasteiger partial charge is 0.330 e. The quantitative estimate of drug-likeness (QED) is 0.894. The number of nitrogens with two attached hydrogens (primary N) is 1. The molecule has 1 atom stereocenters. The topological polar surface area (TPSA) is 43.1 Å². The maximum absolute atomic E-state index is 12.4. The summed E-state index contributed by atoms with van der Waals surface area (Å²) in [5.41, 5.74) is 6.25. The van der Waals surface area contributed by atoms with Crippen molar-refractivity contribution in [1.29, 1.82) is 0 Å². The van der Waals surface area contributed by atoms with Gasteiger partial charge in [0.2, 0.25) is 0 Å². The van der Waals surface area contributed by atoms with Gasteiger partial charge in [-0.25, -0.2) is 0 Å². The fourth-order valence-corrected chi connectivity index (χ4v) is 1.96. The molecule has 0 unspecified atom stereocenters. The van der Waals surface area contributed by atoms with Gasteiger partial charge in [0, 0.05) is 16.4 Å². The highest BCUT2D eigenvalue weighted by molar-refractivity contribution is 6.30. The zero-order valence-corrected chi connectivity index (χ0v) is 11.4. The van der Waals surface area contributed by atoms with Crippen molar-refractivity contribution in [2.75, 3.05) is 6.54 Å². The van der Waals surface area contributed by atoms with Crippen molar-refractivity contribution in [1.82, 2.24) is 0 Å². The second-order valence-electron chi connectivity index (χ2n) is 5.30. The van der Waals surface area contributed by atoms with Crippen LogP contribution in [-0.4, -0.2) is 12.3 Å². The molecule has 0 radical (unpaired) electrons. The van der Waals surface area contributed by atoms with Crippen molar-refractivity contribution in [3.05, 3.63) is 34.9 Å². The Balaban J connectivity index is 3.01. The predicted octanol–water partition coefficient (Wildman–Crippen LogP) is 3.39. The Morgan fingerprint density at radius 1 is 1.29 bits per heavy atom. The summed E-state index contributed by atoms with van der Waals surface area (Å²) >= 11 is 5.85. The van der Waals surface area contributed by atoms with Gasteiger partial charge in [-0.1, -0.05) is 44.5 Å². The van der Waals surface area contributed by atoms with E-state index in [1.165, 1.54) is 0 Å². The minimum Gasteiger partial charge on any atom is -0.330 e. The minimum atomic E-state index is -0.348. The summed E-state index contributed by atoms with van der Waals surface area (Å²) < 4.78 is 0. The average molecular weight is 254 g/mol. The van der Waals surface area contributed by atoms with Crippen LogP contribution in [0.5, 0.6) is 0 Å². The lowest BCUT2D eigenvalue weighted by Crippen LogP contribution is -2.28. The molecule has 0 saturated carbocycles. The van der Waals surface area contributed by atoms with Crippen LogP contribution < -0.4 is 5.73 Å². The van der Waals surface area contributed by atoms with E-state index in [0.29, 0.717) is 18.0 Å². The number of hydrogen-bond acceptors (Lipinski definition) is 2. The zero-order chi connectivity index (χ0) is 13.1. The average Bonchev–Trinajstić information content (AvgIpc) is 2.25. The molecule has 0 aliphatic carbocycles. The minimum absolute atomic E-state index is 0.128. The molecule has 3 heteroatoms. The lowest BCUT2D eigenvalue weighted by Gasteiger charge is -2.24. The van der Waals surface area contributed by atoms with Crippen LogP contribution in [0, 0.1) is 5.41 Å². The molecule has 1 rings (SSSR count). The Morgan fingerprint density at radius 3 is 2.24 bits per heavy atom. The van der Waals surface area contributed by atoms with Gasteiger partial charge in [0.15, 0.2) is 0 Å². The molecule has 0 saturated heterocycles. The number of rotatable bonds is 4. The van der Waals surface area contributed by atoms with Gasteiger partial charge in [0.25, 0.3) is 0 Å². The molecular weight excluding hydrogens is 234 g/mol. The maximum Gasteiger partial charge on any atom is 0.145 e. The second kappa shape index (κ2) is 5.65. The third kappa shape index (κ3) is 3.83. The molecule has 1 aromatic carbocycles. The Morgan fingerprint density at radius 2 is 1.82 bits per heavy atom. The molecule has 2 nitrogen and oxygen atoms in total. The summed E-state index contributed by atoms with van der Waals surface area (Å²) in [6.45, 7) is 6.33. The fourth-order valence-electron chi connectivity index (χ4n) is 1.83. The Labute approximate surface area is 108 Å². The number of carbonyl (C=O) groups excluding carboxylic acids is 1. The van der Waals surface area contributed by atoms with Crippen LogP contribution in [0.2, 0.25) is 5.02 Å². The summed E-state index contributed by atoms with van der Waals surface area (Å²) in [7, 11) is 0. The van der Waals surface area contributed by atoms with Crippen LogP contribution >= 0.6 is 11.6 Å². The summed E-state index contributed by atoms with van der Waals surface area (Å²) in [6.07, 6.45) is 0.678. The van der Waals surface area contributed by atoms with E-state index >= 15 is 0 Å². The van der Waals surface area contributed by atoms with Crippen molar-refractivity contribution in [3.63, 3.8) is 0 Å². The second-order valence-corrected chi connectivity index (χ2v) is 5.73. The highest BCUT2D eigenvalue weighted by Gasteiger charge is 2.29. The molecule has 94 valence electrons. The lowest BCUT2D eigenvalue weighted by molar-refractivity contribution is -0.127. The molecule has 0 aliphatic heterocycles. The van der Waals surface area contributed by atoms with Crippen molar-refractivity contribution >= 4 is 17.4 Å². The molecule has 0 amide bonds. The molecule has 1 aromatic rings. The van der Waals surface area contributed by atoms with Gasteiger partial charge in [-0.15, -0.1) is 0 Å². The van der Waals surface area contributed by atoms with E-state index in [1.807, 2.05) is 45.0 Å². The van der Waals surface area contributed by atoms with Gasteiger partial charge in [-0.05, 0) is 30.7 Å². The van der Waals surface area contributed by atoms with Gasteiger partial charge < -0.3 is 5.73 Å². The van der Waals surface area contributed by atoms with E-state index in [9.17, 15) is 4.79 Å². The maximum atomic E-state index is 12.4. The van der Waals surface area contributed by atoms with Crippen LogP contribution in [0.4, 0.5) is 0 Å². The Hall–Kier alpha value is -0.860. The molecule has 17 heavy (non-hydrogen) atoms. The van der Waals surface area contributed by atoms with E-state index in [4.69, 9.17) is 17.3 Å². The van der Waals surface area contributed by atoms with E-state index in [2.05, 4.69) is 0 Å². The lowest BCUT2D eigenvalue weighted by atomic mass is 9.78. The van der Waals surface area contributed by atoms with Crippen molar-refractivity contribution in [2.24, 2.45) is 11.1 Å². The smallest absolute Gasteiger partial charge is 0.145 e. The number of hydrogen-bond donors (Lipinski definition) is 1. The first-order valence-corrected chi connectivity index (χ1v) is 6.24. The SMILES string of the molecule is CC(C)(C)C(=O)[C@H](CCN)c1ccc(Cl)cc1. The van der Waals surface area contributed by atoms with Crippen molar-refractivity contribution < 1.29 is 4.79 Å². The molecule has 2 N–H and O–H groups in total. The third-order valence-electron chi connectivity index (χ3n) is 2.78. The number of Topliss-reactive ketones (excluding diaryl/α,β-unsaturated/α-hetero) is 1. The molecule has 0 bridgehead atoms. The number of carbonyl (C=O) groups is 1. The molecule has 0 aromatic heterocycles. The normalized spacial score (nSPS) is 13.5. The first kappa shape index (κ1) is 14.2. The third-order valence-corrected chi connectivity index (χ3v) is 3.04. The number of halogens is 1. The van der Waals surface area contributed by atoms with Crippen molar-refractivity contribution in [2.45, 2.75) is 33.1 Å². The first-order valence-electron chi connectivity index (χ1n) is 5.86. The summed E-state index contributed by atoms with van der Waals surface area (Å²) in [5, 5.41) is 0.684. The van der Waals surface area contributed by atoms with Crippen molar-refractivity contribution in [3.8, 4) is 0 Å². The Kier molecular flexibility index (Phi) is 4.72. The summed E-state index contributed by atoms with van der Waals surface area (Å²) in [6, 6.07) is 7.45. The van der Waals surface area contributed by atoms with Gasteiger partial charge in [0.1, 0.15) is 5.78 Å². The van der Waals surface area contributed by atoms with Crippen LogP contribution in [0.1, 0.15) is 38.7 Å². The van der Waals surface area contributed by atoms with Crippen LogP contribution in [0.25, 0.3) is 0 Å². The van der Waals surface area contributed by atoms with E-state index in [-0.39, 0.29) is 17.1 Å². The number of ketones is 1. The number of benzene rings is 1. The highest BCUT2D eigenvalue weighted by atomic mass is 35.5. The van der Waals surface area contributed by atoms with Gasteiger partial charge >= 0.3 is 0 Å².